The molecule has 3 aromatic rings. The van der Waals surface area contributed by atoms with Crippen LogP contribution in [0.15, 0.2) is 39.8 Å². The standard InChI is InChI=1S/C14H12N4O2/c19-14-10-2-1-6-15-11(10)5-7-18(14)8-12-16-17-13(20-12)9-3-4-9/h1-2,5-7,9H,3-4,8H2. The van der Waals surface area contributed by atoms with E-state index in [1.807, 2.05) is 6.07 Å². The Bertz CT molecular complexity index is 832. The van der Waals surface area contributed by atoms with Crippen LogP contribution in [0, 0.1) is 0 Å². The molecule has 0 N–H and O–H groups in total. The van der Waals surface area contributed by atoms with E-state index in [2.05, 4.69) is 15.2 Å². The third-order valence-electron chi connectivity index (χ3n) is 3.46. The van der Waals surface area contributed by atoms with Gasteiger partial charge in [0.05, 0.1) is 10.9 Å². The fourth-order valence-electron chi connectivity index (χ4n) is 2.21. The molecule has 1 aliphatic rings. The summed E-state index contributed by atoms with van der Waals surface area (Å²) in [5.74, 6) is 1.58. The van der Waals surface area contributed by atoms with Gasteiger partial charge in [-0.2, -0.15) is 0 Å². The highest BCUT2D eigenvalue weighted by Gasteiger charge is 2.29. The zero-order valence-electron chi connectivity index (χ0n) is 10.7. The molecule has 3 heterocycles. The van der Waals surface area contributed by atoms with Crippen molar-refractivity contribution < 1.29 is 4.42 Å². The highest BCUT2D eigenvalue weighted by atomic mass is 16.4. The van der Waals surface area contributed by atoms with Gasteiger partial charge < -0.3 is 8.98 Å². The van der Waals surface area contributed by atoms with Crippen LogP contribution in [0.4, 0.5) is 0 Å². The second-order valence-electron chi connectivity index (χ2n) is 4.99. The summed E-state index contributed by atoms with van der Waals surface area (Å²) in [6, 6.07) is 5.34. The van der Waals surface area contributed by atoms with Gasteiger partial charge in [0.15, 0.2) is 0 Å². The Morgan fingerprint density at radius 3 is 3.05 bits per heavy atom. The van der Waals surface area contributed by atoms with Gasteiger partial charge in [0.1, 0.15) is 6.54 Å². The topological polar surface area (TPSA) is 73.8 Å². The Morgan fingerprint density at radius 1 is 1.30 bits per heavy atom. The van der Waals surface area contributed by atoms with Crippen molar-refractivity contribution in [3.63, 3.8) is 0 Å². The lowest BCUT2D eigenvalue weighted by Gasteiger charge is -2.03. The number of pyridine rings is 2. The predicted octanol–water partition coefficient (Wildman–Crippen LogP) is 1.71. The minimum atomic E-state index is -0.0956. The summed E-state index contributed by atoms with van der Waals surface area (Å²) < 4.78 is 7.14. The molecule has 0 unspecified atom stereocenters. The molecule has 1 fully saturated rings. The lowest BCUT2D eigenvalue weighted by atomic mass is 10.2. The molecule has 20 heavy (non-hydrogen) atoms. The van der Waals surface area contributed by atoms with Crippen LogP contribution in [-0.4, -0.2) is 19.7 Å². The van der Waals surface area contributed by atoms with E-state index in [4.69, 9.17) is 4.42 Å². The monoisotopic (exact) mass is 268 g/mol. The Labute approximate surface area is 114 Å². The Balaban J connectivity index is 1.70. The number of rotatable bonds is 3. The van der Waals surface area contributed by atoms with Gasteiger partial charge in [0.2, 0.25) is 11.8 Å². The summed E-state index contributed by atoms with van der Waals surface area (Å²) in [6.45, 7) is 0.295. The van der Waals surface area contributed by atoms with Gasteiger partial charge in [-0.1, -0.05) is 0 Å². The Kier molecular flexibility index (Phi) is 2.42. The number of nitrogens with zero attached hydrogens (tertiary/aromatic N) is 4. The van der Waals surface area contributed by atoms with Gasteiger partial charge >= 0.3 is 0 Å². The van der Waals surface area contributed by atoms with E-state index < -0.39 is 0 Å². The molecule has 0 radical (unpaired) electrons. The molecule has 0 aromatic carbocycles. The maximum Gasteiger partial charge on any atom is 0.260 e. The smallest absolute Gasteiger partial charge is 0.260 e. The first kappa shape index (κ1) is 11.3. The molecule has 6 nitrogen and oxygen atoms in total. The van der Waals surface area contributed by atoms with Gasteiger partial charge in [-0.3, -0.25) is 9.78 Å². The van der Waals surface area contributed by atoms with Crippen molar-refractivity contribution in [1.82, 2.24) is 19.7 Å². The van der Waals surface area contributed by atoms with E-state index in [1.165, 1.54) is 0 Å². The van der Waals surface area contributed by atoms with Crippen LogP contribution in [0.3, 0.4) is 0 Å². The molecule has 1 aliphatic carbocycles. The van der Waals surface area contributed by atoms with E-state index in [9.17, 15) is 4.79 Å². The molecular weight excluding hydrogens is 256 g/mol. The first-order valence-electron chi connectivity index (χ1n) is 6.58. The van der Waals surface area contributed by atoms with Crippen molar-refractivity contribution in [2.24, 2.45) is 0 Å². The van der Waals surface area contributed by atoms with Crippen LogP contribution in [0.25, 0.3) is 10.9 Å². The minimum absolute atomic E-state index is 0.0956. The second-order valence-corrected chi connectivity index (χ2v) is 4.99. The summed E-state index contributed by atoms with van der Waals surface area (Å²) in [4.78, 5) is 16.5. The maximum atomic E-state index is 12.3. The second kappa shape index (κ2) is 4.26. The quantitative estimate of drug-likeness (QED) is 0.723. The zero-order valence-corrected chi connectivity index (χ0v) is 10.7. The van der Waals surface area contributed by atoms with Crippen molar-refractivity contribution >= 4 is 10.9 Å². The third kappa shape index (κ3) is 1.89. The van der Waals surface area contributed by atoms with Crippen molar-refractivity contribution in [3.8, 4) is 0 Å². The maximum absolute atomic E-state index is 12.3. The first-order valence-corrected chi connectivity index (χ1v) is 6.58. The summed E-state index contributed by atoms with van der Waals surface area (Å²) in [7, 11) is 0. The van der Waals surface area contributed by atoms with Gasteiger partial charge in [0.25, 0.3) is 5.56 Å². The fraction of sp³-hybridized carbons (Fsp3) is 0.286. The van der Waals surface area contributed by atoms with E-state index >= 15 is 0 Å². The normalized spacial score (nSPS) is 14.8. The van der Waals surface area contributed by atoms with E-state index in [-0.39, 0.29) is 5.56 Å². The summed E-state index contributed by atoms with van der Waals surface area (Å²) >= 11 is 0. The molecule has 0 bridgehead atoms. The van der Waals surface area contributed by atoms with E-state index in [1.54, 1.807) is 29.1 Å². The van der Waals surface area contributed by atoms with E-state index in [0.29, 0.717) is 35.1 Å². The number of hydrogen-bond acceptors (Lipinski definition) is 5. The lowest BCUT2D eigenvalue weighted by molar-refractivity contribution is 0.437. The van der Waals surface area contributed by atoms with Crippen molar-refractivity contribution in [2.45, 2.75) is 25.3 Å². The number of aromatic nitrogens is 4. The molecule has 0 saturated heterocycles. The molecular formula is C14H12N4O2. The Morgan fingerprint density at radius 2 is 2.20 bits per heavy atom. The summed E-state index contributed by atoms with van der Waals surface area (Å²) in [5, 5.41) is 8.62. The molecule has 0 aliphatic heterocycles. The summed E-state index contributed by atoms with van der Waals surface area (Å²) in [6.07, 6.45) is 5.61. The van der Waals surface area contributed by atoms with Gasteiger partial charge in [-0.05, 0) is 31.0 Å². The van der Waals surface area contributed by atoms with Crippen molar-refractivity contribution in [1.29, 1.82) is 0 Å². The SMILES string of the molecule is O=c1c2cccnc2ccn1Cc1nnc(C2CC2)o1. The highest BCUT2D eigenvalue weighted by molar-refractivity contribution is 5.76. The van der Waals surface area contributed by atoms with Crippen LogP contribution >= 0.6 is 0 Å². The molecule has 0 amide bonds. The highest BCUT2D eigenvalue weighted by Crippen LogP contribution is 2.38. The minimum Gasteiger partial charge on any atom is -0.423 e. The molecule has 0 atom stereocenters. The van der Waals surface area contributed by atoms with Crippen molar-refractivity contribution in [3.05, 3.63) is 52.7 Å². The number of hydrogen-bond donors (Lipinski definition) is 0. The average molecular weight is 268 g/mol. The van der Waals surface area contributed by atoms with Crippen LogP contribution in [0.1, 0.15) is 30.5 Å². The van der Waals surface area contributed by atoms with Gasteiger partial charge in [-0.25, -0.2) is 0 Å². The van der Waals surface area contributed by atoms with E-state index in [0.717, 1.165) is 12.8 Å². The van der Waals surface area contributed by atoms with Crippen LogP contribution in [0.2, 0.25) is 0 Å². The third-order valence-corrected chi connectivity index (χ3v) is 3.46. The summed E-state index contributed by atoms with van der Waals surface area (Å²) in [5.41, 5.74) is 0.597. The molecule has 100 valence electrons. The molecule has 4 rings (SSSR count). The van der Waals surface area contributed by atoms with Crippen molar-refractivity contribution in [2.75, 3.05) is 0 Å². The van der Waals surface area contributed by atoms with Crippen LogP contribution in [-0.2, 0) is 6.54 Å². The molecule has 3 aromatic heterocycles. The predicted molar refractivity (Wildman–Crippen MR) is 71.4 cm³/mol. The largest absolute Gasteiger partial charge is 0.423 e. The van der Waals surface area contributed by atoms with Gasteiger partial charge in [-0.15, -0.1) is 10.2 Å². The van der Waals surface area contributed by atoms with Crippen LogP contribution < -0.4 is 5.56 Å². The lowest BCUT2D eigenvalue weighted by Crippen LogP contribution is -2.20. The molecule has 1 saturated carbocycles. The molecule has 6 heteroatoms. The van der Waals surface area contributed by atoms with Crippen LogP contribution in [0.5, 0.6) is 0 Å². The fourth-order valence-corrected chi connectivity index (χ4v) is 2.21. The average Bonchev–Trinajstić information content (AvgIpc) is 3.23. The zero-order chi connectivity index (χ0) is 13.5. The molecule has 0 spiro atoms. The van der Waals surface area contributed by atoms with Gasteiger partial charge in [0, 0.05) is 18.3 Å². The Hall–Kier alpha value is -2.50. The number of fused-ring (bicyclic) bond motifs is 1. The first-order chi connectivity index (χ1) is 9.81.